The highest BCUT2D eigenvalue weighted by Crippen LogP contribution is 2.26. The number of rotatable bonds is 3. The monoisotopic (exact) mass is 285 g/mol. The van der Waals surface area contributed by atoms with Crippen molar-refractivity contribution in [3.63, 3.8) is 0 Å². The Morgan fingerprint density at radius 1 is 1.37 bits per heavy atom. The van der Waals surface area contributed by atoms with Crippen LogP contribution < -0.4 is 5.32 Å². The molecule has 1 atom stereocenters. The topological polar surface area (TPSA) is 64.1 Å². The Morgan fingerprint density at radius 3 is 2.42 bits per heavy atom. The van der Waals surface area contributed by atoms with Crippen molar-refractivity contribution in [1.29, 1.82) is 0 Å². The standard InChI is InChI=1S/C13H20ClN3O2/c1-7-9(14)16-12(13(3,4)5)17-10(7)15-8(2)11(18)19-6/h8H,1-6H3,(H,15,16,17). The highest BCUT2D eigenvalue weighted by atomic mass is 35.5. The third kappa shape index (κ3) is 3.80. The van der Waals surface area contributed by atoms with Crippen LogP contribution in [0.3, 0.4) is 0 Å². The van der Waals surface area contributed by atoms with Crippen LogP contribution in [-0.4, -0.2) is 29.1 Å². The first kappa shape index (κ1) is 15.7. The number of carbonyl (C=O) groups excluding carboxylic acids is 1. The Labute approximate surface area is 118 Å². The molecule has 0 aromatic carbocycles. The first-order chi connectivity index (χ1) is 8.66. The fourth-order valence-electron chi connectivity index (χ4n) is 1.41. The van der Waals surface area contributed by atoms with Gasteiger partial charge in [0.05, 0.1) is 7.11 Å². The fourth-order valence-corrected chi connectivity index (χ4v) is 1.58. The van der Waals surface area contributed by atoms with Crippen molar-refractivity contribution in [2.75, 3.05) is 12.4 Å². The SMILES string of the molecule is COC(=O)C(C)Nc1nc(C(C)(C)C)nc(Cl)c1C. The van der Waals surface area contributed by atoms with E-state index in [1.807, 2.05) is 20.8 Å². The van der Waals surface area contributed by atoms with Crippen LogP contribution >= 0.6 is 11.6 Å². The molecule has 19 heavy (non-hydrogen) atoms. The number of anilines is 1. The summed E-state index contributed by atoms with van der Waals surface area (Å²) in [4.78, 5) is 20.2. The van der Waals surface area contributed by atoms with E-state index in [9.17, 15) is 4.79 Å². The number of aromatic nitrogens is 2. The van der Waals surface area contributed by atoms with Crippen LogP contribution in [0.2, 0.25) is 5.15 Å². The number of ether oxygens (including phenoxy) is 1. The zero-order valence-electron chi connectivity index (χ0n) is 12.2. The van der Waals surface area contributed by atoms with E-state index < -0.39 is 6.04 Å². The predicted molar refractivity (Wildman–Crippen MR) is 75.6 cm³/mol. The zero-order valence-corrected chi connectivity index (χ0v) is 12.9. The summed E-state index contributed by atoms with van der Waals surface area (Å²) in [6, 6.07) is -0.498. The second-order valence-electron chi connectivity index (χ2n) is 5.45. The average Bonchev–Trinajstić information content (AvgIpc) is 2.32. The van der Waals surface area contributed by atoms with Gasteiger partial charge in [0.2, 0.25) is 0 Å². The number of halogens is 1. The van der Waals surface area contributed by atoms with E-state index in [-0.39, 0.29) is 11.4 Å². The van der Waals surface area contributed by atoms with Gasteiger partial charge in [0, 0.05) is 11.0 Å². The summed E-state index contributed by atoms with van der Waals surface area (Å²) in [5.41, 5.74) is 0.493. The van der Waals surface area contributed by atoms with Gasteiger partial charge in [0.25, 0.3) is 0 Å². The van der Waals surface area contributed by atoms with E-state index in [1.165, 1.54) is 7.11 Å². The summed E-state index contributed by atoms with van der Waals surface area (Å²) >= 11 is 6.11. The molecule has 0 amide bonds. The van der Waals surface area contributed by atoms with Gasteiger partial charge < -0.3 is 10.1 Å². The third-order valence-electron chi connectivity index (χ3n) is 2.67. The molecule has 106 valence electrons. The van der Waals surface area contributed by atoms with Gasteiger partial charge in [0.1, 0.15) is 22.8 Å². The van der Waals surface area contributed by atoms with Crippen molar-refractivity contribution in [3.8, 4) is 0 Å². The molecule has 0 fully saturated rings. The number of esters is 1. The molecule has 0 bridgehead atoms. The number of nitrogens with zero attached hydrogens (tertiary/aromatic N) is 2. The first-order valence-electron chi connectivity index (χ1n) is 6.05. The van der Waals surface area contributed by atoms with Gasteiger partial charge >= 0.3 is 5.97 Å². The molecule has 0 aliphatic carbocycles. The largest absolute Gasteiger partial charge is 0.467 e. The Hall–Kier alpha value is -1.36. The molecule has 0 spiro atoms. The first-order valence-corrected chi connectivity index (χ1v) is 6.43. The molecule has 0 aliphatic heterocycles. The second kappa shape index (κ2) is 5.74. The lowest BCUT2D eigenvalue weighted by Gasteiger charge is -2.20. The van der Waals surface area contributed by atoms with E-state index in [2.05, 4.69) is 20.0 Å². The Balaban J connectivity index is 3.13. The van der Waals surface area contributed by atoms with Gasteiger partial charge in [-0.1, -0.05) is 32.4 Å². The highest BCUT2D eigenvalue weighted by molar-refractivity contribution is 6.30. The molecule has 5 nitrogen and oxygen atoms in total. The summed E-state index contributed by atoms with van der Waals surface area (Å²) in [6.45, 7) is 9.52. The number of hydrogen-bond acceptors (Lipinski definition) is 5. The second-order valence-corrected chi connectivity index (χ2v) is 5.81. The molecular weight excluding hydrogens is 266 g/mol. The minimum atomic E-state index is -0.498. The minimum absolute atomic E-state index is 0.220. The van der Waals surface area contributed by atoms with Crippen molar-refractivity contribution in [3.05, 3.63) is 16.5 Å². The van der Waals surface area contributed by atoms with Crippen LogP contribution in [0.15, 0.2) is 0 Å². The van der Waals surface area contributed by atoms with Crippen molar-refractivity contribution >= 4 is 23.4 Å². The fraction of sp³-hybridized carbons (Fsp3) is 0.615. The molecule has 1 N–H and O–H groups in total. The number of carbonyl (C=O) groups is 1. The molecule has 1 aromatic rings. The maximum absolute atomic E-state index is 11.4. The quantitative estimate of drug-likeness (QED) is 0.683. The van der Waals surface area contributed by atoms with E-state index in [0.29, 0.717) is 22.4 Å². The van der Waals surface area contributed by atoms with Crippen LogP contribution in [0.1, 0.15) is 39.1 Å². The smallest absolute Gasteiger partial charge is 0.328 e. The Kier molecular flexibility index (Phi) is 4.74. The molecule has 1 unspecified atom stereocenters. The Bertz CT molecular complexity index is 484. The highest BCUT2D eigenvalue weighted by Gasteiger charge is 2.22. The molecule has 0 saturated heterocycles. The maximum Gasteiger partial charge on any atom is 0.328 e. The molecule has 1 heterocycles. The summed E-state index contributed by atoms with van der Waals surface area (Å²) in [5.74, 6) is 0.830. The van der Waals surface area contributed by atoms with E-state index in [4.69, 9.17) is 11.6 Å². The molecule has 0 radical (unpaired) electrons. The summed E-state index contributed by atoms with van der Waals surface area (Å²) in [7, 11) is 1.35. The van der Waals surface area contributed by atoms with Crippen LogP contribution in [0.4, 0.5) is 5.82 Å². The lowest BCUT2D eigenvalue weighted by atomic mass is 9.95. The summed E-state index contributed by atoms with van der Waals surface area (Å²) in [5, 5.41) is 3.39. The van der Waals surface area contributed by atoms with Gasteiger partial charge in [-0.3, -0.25) is 0 Å². The number of methoxy groups -OCH3 is 1. The van der Waals surface area contributed by atoms with Gasteiger partial charge in [-0.15, -0.1) is 0 Å². The van der Waals surface area contributed by atoms with Crippen molar-refractivity contribution in [1.82, 2.24) is 9.97 Å². The lowest BCUT2D eigenvalue weighted by Crippen LogP contribution is -2.29. The van der Waals surface area contributed by atoms with Crippen LogP contribution in [0.5, 0.6) is 0 Å². The van der Waals surface area contributed by atoms with Gasteiger partial charge in [0.15, 0.2) is 0 Å². The summed E-state index contributed by atoms with van der Waals surface area (Å²) < 4.78 is 4.67. The molecule has 1 rings (SSSR count). The van der Waals surface area contributed by atoms with Crippen molar-refractivity contribution in [2.24, 2.45) is 0 Å². The Morgan fingerprint density at radius 2 is 1.95 bits per heavy atom. The van der Waals surface area contributed by atoms with Gasteiger partial charge in [-0.2, -0.15) is 0 Å². The van der Waals surface area contributed by atoms with Crippen LogP contribution in [0.25, 0.3) is 0 Å². The molecular formula is C13H20ClN3O2. The molecule has 6 heteroatoms. The molecule has 0 saturated carbocycles. The van der Waals surface area contributed by atoms with E-state index in [0.717, 1.165) is 0 Å². The average molecular weight is 286 g/mol. The number of nitrogens with one attached hydrogen (secondary N) is 1. The van der Waals surface area contributed by atoms with Crippen molar-refractivity contribution in [2.45, 2.75) is 46.1 Å². The molecule has 0 aliphatic rings. The normalized spacial score (nSPS) is 13.0. The van der Waals surface area contributed by atoms with Crippen LogP contribution in [-0.2, 0) is 14.9 Å². The van der Waals surface area contributed by atoms with Crippen LogP contribution in [0, 0.1) is 6.92 Å². The maximum atomic E-state index is 11.4. The zero-order chi connectivity index (χ0) is 14.8. The van der Waals surface area contributed by atoms with Gasteiger partial charge in [-0.05, 0) is 13.8 Å². The number of hydrogen-bond donors (Lipinski definition) is 1. The summed E-state index contributed by atoms with van der Waals surface area (Å²) in [6.07, 6.45) is 0. The predicted octanol–water partition coefficient (Wildman–Crippen LogP) is 2.71. The van der Waals surface area contributed by atoms with Gasteiger partial charge in [-0.25, -0.2) is 14.8 Å². The minimum Gasteiger partial charge on any atom is -0.467 e. The lowest BCUT2D eigenvalue weighted by molar-refractivity contribution is -0.141. The third-order valence-corrected chi connectivity index (χ3v) is 3.03. The van der Waals surface area contributed by atoms with Crippen molar-refractivity contribution < 1.29 is 9.53 Å². The van der Waals surface area contributed by atoms with E-state index >= 15 is 0 Å². The molecule has 1 aromatic heterocycles. The van der Waals surface area contributed by atoms with E-state index in [1.54, 1.807) is 13.8 Å².